The maximum atomic E-state index is 12.5. The Morgan fingerprint density at radius 2 is 1.89 bits per heavy atom. The van der Waals surface area contributed by atoms with Crippen LogP contribution in [0.3, 0.4) is 0 Å². The van der Waals surface area contributed by atoms with Crippen LogP contribution in [0.5, 0.6) is 0 Å². The molecule has 1 heterocycles. The molecule has 3 N–H and O–H groups in total. The van der Waals surface area contributed by atoms with E-state index in [1.54, 1.807) is 37.3 Å². The first-order valence-electron chi connectivity index (χ1n) is 8.94. The van der Waals surface area contributed by atoms with Crippen molar-refractivity contribution in [2.24, 2.45) is 0 Å². The highest BCUT2D eigenvalue weighted by atomic mass is 32.2. The lowest BCUT2D eigenvalue weighted by Crippen LogP contribution is -2.86. The Morgan fingerprint density at radius 3 is 2.41 bits per heavy atom. The molecule has 0 bridgehead atoms. The van der Waals surface area contributed by atoms with E-state index in [2.05, 4.69) is 10.5 Å². The number of sulfonamides is 1. The second-order valence-electron chi connectivity index (χ2n) is 6.26. The predicted octanol–water partition coefficient (Wildman–Crippen LogP) is 1.28. The summed E-state index contributed by atoms with van der Waals surface area (Å²) in [6.07, 6.45) is 0. The SMILES string of the molecule is CCN(CC)S(=O)(=O)c1ccc([C@@H](C)[NH2+]CC(=O)Nc2cc(C)on2)cc1. The minimum Gasteiger partial charge on any atom is -0.360 e. The second kappa shape index (κ2) is 9.12. The number of amides is 1. The van der Waals surface area contributed by atoms with E-state index in [4.69, 9.17) is 4.52 Å². The molecule has 148 valence electrons. The van der Waals surface area contributed by atoms with Gasteiger partial charge in [0.1, 0.15) is 11.8 Å². The summed E-state index contributed by atoms with van der Waals surface area (Å²) in [7, 11) is -3.46. The van der Waals surface area contributed by atoms with Gasteiger partial charge in [0.15, 0.2) is 12.4 Å². The van der Waals surface area contributed by atoms with Gasteiger partial charge in [-0.2, -0.15) is 4.31 Å². The summed E-state index contributed by atoms with van der Waals surface area (Å²) < 4.78 is 31.4. The van der Waals surface area contributed by atoms with Gasteiger partial charge >= 0.3 is 0 Å². The van der Waals surface area contributed by atoms with E-state index in [9.17, 15) is 13.2 Å². The van der Waals surface area contributed by atoms with Crippen molar-refractivity contribution in [3.63, 3.8) is 0 Å². The van der Waals surface area contributed by atoms with Gasteiger partial charge in [0, 0.05) is 24.7 Å². The van der Waals surface area contributed by atoms with Crippen molar-refractivity contribution in [3.05, 3.63) is 41.7 Å². The number of nitrogens with zero attached hydrogens (tertiary/aromatic N) is 2. The summed E-state index contributed by atoms with van der Waals surface area (Å²) in [5.41, 5.74) is 0.943. The molecule has 0 saturated heterocycles. The molecule has 2 rings (SSSR count). The van der Waals surface area contributed by atoms with Gasteiger partial charge in [0.05, 0.1) is 4.90 Å². The quantitative estimate of drug-likeness (QED) is 0.665. The van der Waals surface area contributed by atoms with Gasteiger partial charge in [-0.1, -0.05) is 31.1 Å². The Morgan fingerprint density at radius 1 is 1.26 bits per heavy atom. The molecule has 9 heteroatoms. The predicted molar refractivity (Wildman–Crippen MR) is 102 cm³/mol. The molecule has 0 aliphatic heterocycles. The lowest BCUT2D eigenvalue weighted by atomic mass is 10.1. The molecular weight excluding hydrogens is 368 g/mol. The highest BCUT2D eigenvalue weighted by Gasteiger charge is 2.22. The van der Waals surface area contributed by atoms with Crippen LogP contribution >= 0.6 is 0 Å². The number of benzene rings is 1. The first-order valence-corrected chi connectivity index (χ1v) is 10.4. The Labute approximate surface area is 160 Å². The highest BCUT2D eigenvalue weighted by Crippen LogP contribution is 2.18. The number of nitrogens with two attached hydrogens (primary N) is 1. The lowest BCUT2D eigenvalue weighted by molar-refractivity contribution is -0.682. The van der Waals surface area contributed by atoms with Crippen LogP contribution in [0.15, 0.2) is 39.8 Å². The average Bonchev–Trinajstić information content (AvgIpc) is 3.05. The van der Waals surface area contributed by atoms with Gasteiger partial charge < -0.3 is 15.2 Å². The van der Waals surface area contributed by atoms with Crippen molar-refractivity contribution >= 4 is 21.7 Å². The van der Waals surface area contributed by atoms with Crippen LogP contribution in [-0.4, -0.2) is 43.4 Å². The van der Waals surface area contributed by atoms with E-state index in [0.29, 0.717) is 24.7 Å². The normalized spacial score (nSPS) is 12.9. The van der Waals surface area contributed by atoms with Crippen LogP contribution in [0.25, 0.3) is 0 Å². The highest BCUT2D eigenvalue weighted by molar-refractivity contribution is 7.89. The van der Waals surface area contributed by atoms with Crippen molar-refractivity contribution in [2.45, 2.75) is 38.6 Å². The molecule has 0 saturated carbocycles. The largest absolute Gasteiger partial charge is 0.360 e. The first-order chi connectivity index (χ1) is 12.8. The fourth-order valence-electron chi connectivity index (χ4n) is 2.70. The zero-order valence-electron chi connectivity index (χ0n) is 16.1. The van der Waals surface area contributed by atoms with E-state index in [0.717, 1.165) is 5.56 Å². The third kappa shape index (κ3) is 5.38. The summed E-state index contributed by atoms with van der Waals surface area (Å²) in [6, 6.07) is 8.46. The summed E-state index contributed by atoms with van der Waals surface area (Å²) in [5, 5.41) is 8.26. The van der Waals surface area contributed by atoms with Gasteiger partial charge in [-0.3, -0.25) is 4.79 Å². The van der Waals surface area contributed by atoms with Crippen LogP contribution in [-0.2, 0) is 14.8 Å². The van der Waals surface area contributed by atoms with Gasteiger partial charge in [0.2, 0.25) is 10.0 Å². The third-order valence-corrected chi connectivity index (χ3v) is 6.37. The fraction of sp³-hybridized carbons (Fsp3) is 0.444. The van der Waals surface area contributed by atoms with Gasteiger partial charge in [-0.25, -0.2) is 8.42 Å². The monoisotopic (exact) mass is 395 g/mol. The Hall–Kier alpha value is -2.23. The molecule has 0 unspecified atom stereocenters. The van der Waals surface area contributed by atoms with Crippen molar-refractivity contribution < 1.29 is 23.1 Å². The molecule has 1 aromatic carbocycles. The summed E-state index contributed by atoms with van der Waals surface area (Å²) in [5.74, 6) is 0.836. The van der Waals surface area contributed by atoms with Crippen LogP contribution < -0.4 is 10.6 Å². The second-order valence-corrected chi connectivity index (χ2v) is 8.20. The number of quaternary nitrogens is 1. The van der Waals surface area contributed by atoms with E-state index in [1.165, 1.54) is 4.31 Å². The van der Waals surface area contributed by atoms with Crippen molar-refractivity contribution in [3.8, 4) is 0 Å². The number of carbonyl (C=O) groups is 1. The van der Waals surface area contributed by atoms with Gasteiger partial charge in [-0.15, -0.1) is 0 Å². The molecule has 1 atom stereocenters. The molecule has 1 amide bonds. The molecule has 0 aliphatic rings. The number of rotatable bonds is 9. The zero-order chi connectivity index (χ0) is 20.0. The number of anilines is 1. The Bertz CT molecular complexity index is 858. The van der Waals surface area contributed by atoms with Crippen LogP contribution in [0.1, 0.15) is 38.1 Å². The van der Waals surface area contributed by atoms with E-state index >= 15 is 0 Å². The summed E-state index contributed by atoms with van der Waals surface area (Å²) >= 11 is 0. The summed E-state index contributed by atoms with van der Waals surface area (Å²) in [6.45, 7) is 8.43. The minimum absolute atomic E-state index is 0.00000228. The van der Waals surface area contributed by atoms with Crippen LogP contribution in [0, 0.1) is 6.92 Å². The molecule has 0 fully saturated rings. The number of nitrogens with one attached hydrogen (secondary N) is 1. The molecule has 8 nitrogen and oxygen atoms in total. The molecule has 1 aromatic heterocycles. The number of hydrogen-bond donors (Lipinski definition) is 2. The first kappa shape index (κ1) is 21.1. The van der Waals surface area contributed by atoms with Gasteiger partial charge in [-0.05, 0) is 26.0 Å². The lowest BCUT2D eigenvalue weighted by Gasteiger charge is -2.19. The van der Waals surface area contributed by atoms with Crippen molar-refractivity contribution in [1.29, 1.82) is 0 Å². The summed E-state index contributed by atoms with van der Waals surface area (Å²) in [4.78, 5) is 12.3. The maximum Gasteiger partial charge on any atom is 0.280 e. The molecule has 0 aliphatic carbocycles. The zero-order valence-corrected chi connectivity index (χ0v) is 16.9. The van der Waals surface area contributed by atoms with Crippen molar-refractivity contribution in [1.82, 2.24) is 9.46 Å². The molecule has 0 radical (unpaired) electrons. The standard InChI is InChI=1S/C18H26N4O4S/c1-5-22(6-2)27(24,25)16-9-7-15(8-10-16)14(4)19-12-18(23)20-17-11-13(3)26-21-17/h7-11,14,19H,5-6,12H2,1-4H3,(H,20,21,23)/p+1/t14-/m1/s1. The number of carbonyl (C=O) groups excluding carboxylic acids is 1. The van der Waals surface area contributed by atoms with Gasteiger partial charge in [0.25, 0.3) is 5.91 Å². The molecular formula is C18H27N4O4S+. The molecule has 2 aromatic rings. The minimum atomic E-state index is -3.46. The Balaban J connectivity index is 1.95. The average molecular weight is 396 g/mol. The number of aryl methyl sites for hydroxylation is 1. The van der Waals surface area contributed by atoms with Crippen LogP contribution in [0.2, 0.25) is 0 Å². The molecule has 27 heavy (non-hydrogen) atoms. The van der Waals surface area contributed by atoms with Crippen LogP contribution in [0.4, 0.5) is 5.82 Å². The maximum absolute atomic E-state index is 12.5. The number of hydrogen-bond acceptors (Lipinski definition) is 5. The van der Waals surface area contributed by atoms with E-state index < -0.39 is 10.0 Å². The topological polar surface area (TPSA) is 109 Å². The van der Waals surface area contributed by atoms with Crippen molar-refractivity contribution in [2.75, 3.05) is 25.0 Å². The fourth-order valence-corrected chi connectivity index (χ4v) is 4.15. The van der Waals surface area contributed by atoms with E-state index in [-0.39, 0.29) is 23.4 Å². The third-order valence-electron chi connectivity index (χ3n) is 4.30. The number of aromatic nitrogens is 1. The smallest absolute Gasteiger partial charge is 0.280 e. The molecule has 0 spiro atoms. The van der Waals surface area contributed by atoms with E-state index in [1.807, 2.05) is 26.1 Å². The Kier molecular flexibility index (Phi) is 7.11.